The Kier molecular flexibility index (Phi) is 4.69. The second-order valence-corrected chi connectivity index (χ2v) is 6.84. The van der Waals surface area contributed by atoms with Crippen LogP contribution in [0.5, 0.6) is 0 Å². The van der Waals surface area contributed by atoms with Crippen LogP contribution >= 0.6 is 0 Å². The van der Waals surface area contributed by atoms with Crippen LogP contribution < -0.4 is 11.2 Å². The summed E-state index contributed by atoms with van der Waals surface area (Å²) in [5.41, 5.74) is 0.740. The van der Waals surface area contributed by atoms with Crippen LogP contribution in [0.1, 0.15) is 35.2 Å². The standard InChI is InChI=1S/C18H22N4O4/c23-14-4-1-3-12-13(14)11-19-16-15(12)17(24)20-18(25)22(16)6-2-5-21-7-9-26-10-8-21/h11H,1-10H2,(H,20,24,25). The first-order valence-electron chi connectivity index (χ1n) is 9.13. The number of hydrogen-bond donors (Lipinski definition) is 1. The van der Waals surface area contributed by atoms with Crippen LogP contribution in [0, 0.1) is 0 Å². The van der Waals surface area contributed by atoms with Crippen LogP contribution in [0.2, 0.25) is 0 Å². The minimum atomic E-state index is -0.450. The molecule has 0 aromatic carbocycles. The van der Waals surface area contributed by atoms with Crippen molar-refractivity contribution in [1.82, 2.24) is 19.4 Å². The van der Waals surface area contributed by atoms with Crippen LogP contribution in [-0.2, 0) is 17.7 Å². The third-order valence-corrected chi connectivity index (χ3v) is 5.21. The number of ether oxygens (including phenoxy) is 1. The molecule has 0 spiro atoms. The monoisotopic (exact) mass is 358 g/mol. The molecule has 1 N–H and O–H groups in total. The number of ketones is 1. The van der Waals surface area contributed by atoms with E-state index < -0.39 is 11.2 Å². The molecule has 1 aliphatic heterocycles. The van der Waals surface area contributed by atoms with Crippen LogP contribution in [0.3, 0.4) is 0 Å². The Morgan fingerprint density at radius 1 is 1.12 bits per heavy atom. The molecular weight excluding hydrogens is 336 g/mol. The smallest absolute Gasteiger partial charge is 0.329 e. The number of nitrogens with one attached hydrogen (secondary N) is 1. The average molecular weight is 358 g/mol. The Balaban J connectivity index is 1.67. The van der Waals surface area contributed by atoms with E-state index in [1.165, 1.54) is 10.8 Å². The van der Waals surface area contributed by atoms with Crippen molar-refractivity contribution in [2.75, 3.05) is 32.8 Å². The van der Waals surface area contributed by atoms with Gasteiger partial charge in [-0.1, -0.05) is 0 Å². The van der Waals surface area contributed by atoms with Gasteiger partial charge in [-0.3, -0.25) is 24.0 Å². The number of rotatable bonds is 4. The van der Waals surface area contributed by atoms with Gasteiger partial charge in [-0.05, 0) is 24.8 Å². The lowest BCUT2D eigenvalue weighted by Gasteiger charge is -2.26. The number of aromatic amines is 1. The maximum atomic E-state index is 12.4. The second-order valence-electron chi connectivity index (χ2n) is 6.84. The molecule has 138 valence electrons. The first-order valence-corrected chi connectivity index (χ1v) is 9.13. The Bertz CT molecular complexity index is 956. The van der Waals surface area contributed by atoms with Crippen molar-refractivity contribution in [3.05, 3.63) is 38.2 Å². The quantitative estimate of drug-likeness (QED) is 0.846. The maximum absolute atomic E-state index is 12.4. The number of Topliss-reactive ketones (excluding diaryl/α,β-unsaturated/α-hetero) is 1. The van der Waals surface area contributed by atoms with Gasteiger partial charge in [0.05, 0.1) is 18.6 Å². The highest BCUT2D eigenvalue weighted by molar-refractivity contribution is 6.01. The third kappa shape index (κ3) is 3.10. The van der Waals surface area contributed by atoms with Crippen molar-refractivity contribution < 1.29 is 9.53 Å². The SMILES string of the molecule is O=C1CCCc2c1cnc1c2c(=O)[nH]c(=O)n1CCCN1CCOCC1. The van der Waals surface area contributed by atoms with Gasteiger partial charge in [-0.2, -0.15) is 0 Å². The fraction of sp³-hybridized carbons (Fsp3) is 0.556. The van der Waals surface area contributed by atoms with Crippen molar-refractivity contribution in [1.29, 1.82) is 0 Å². The molecule has 8 nitrogen and oxygen atoms in total. The molecule has 1 saturated heterocycles. The van der Waals surface area contributed by atoms with Gasteiger partial charge in [0.15, 0.2) is 5.78 Å². The van der Waals surface area contributed by atoms with Gasteiger partial charge in [0.25, 0.3) is 5.56 Å². The Morgan fingerprint density at radius 2 is 1.92 bits per heavy atom. The molecule has 0 bridgehead atoms. The summed E-state index contributed by atoms with van der Waals surface area (Å²) in [6.07, 6.45) is 4.17. The van der Waals surface area contributed by atoms with Crippen molar-refractivity contribution >= 4 is 16.8 Å². The van der Waals surface area contributed by atoms with E-state index in [2.05, 4.69) is 14.9 Å². The van der Waals surface area contributed by atoms with Gasteiger partial charge in [0.2, 0.25) is 0 Å². The molecule has 1 fully saturated rings. The number of morpholine rings is 1. The molecule has 26 heavy (non-hydrogen) atoms. The molecule has 1 aliphatic carbocycles. The van der Waals surface area contributed by atoms with E-state index in [4.69, 9.17) is 4.74 Å². The lowest BCUT2D eigenvalue weighted by Crippen LogP contribution is -2.38. The summed E-state index contributed by atoms with van der Waals surface area (Å²) in [4.78, 5) is 45.9. The molecule has 0 unspecified atom stereocenters. The Labute approximate surface area is 149 Å². The van der Waals surface area contributed by atoms with E-state index in [1.807, 2.05) is 0 Å². The molecule has 0 amide bonds. The number of nitrogens with zero attached hydrogens (tertiary/aromatic N) is 3. The predicted octanol–water partition coefficient (Wildman–Crippen LogP) is 0.326. The van der Waals surface area contributed by atoms with E-state index in [-0.39, 0.29) is 5.78 Å². The van der Waals surface area contributed by atoms with Gasteiger partial charge in [0.1, 0.15) is 5.65 Å². The summed E-state index contributed by atoms with van der Waals surface area (Å²) < 4.78 is 6.87. The highest BCUT2D eigenvalue weighted by atomic mass is 16.5. The highest BCUT2D eigenvalue weighted by Crippen LogP contribution is 2.25. The summed E-state index contributed by atoms with van der Waals surface area (Å²) in [6, 6.07) is 0. The fourth-order valence-corrected chi connectivity index (χ4v) is 3.85. The molecule has 0 radical (unpaired) electrons. The van der Waals surface area contributed by atoms with Crippen molar-refractivity contribution in [2.45, 2.75) is 32.2 Å². The molecule has 2 aromatic rings. The summed E-state index contributed by atoms with van der Waals surface area (Å²) in [5, 5.41) is 0.390. The van der Waals surface area contributed by atoms with Crippen LogP contribution in [0.25, 0.3) is 11.0 Å². The number of H-pyrrole nitrogens is 1. The molecular formula is C18H22N4O4. The summed E-state index contributed by atoms with van der Waals surface area (Å²) in [5.74, 6) is 0.0186. The Morgan fingerprint density at radius 3 is 2.73 bits per heavy atom. The summed E-state index contributed by atoms with van der Waals surface area (Å²) in [6.45, 7) is 4.61. The fourth-order valence-electron chi connectivity index (χ4n) is 3.85. The Hall–Kier alpha value is -2.32. The number of fused-ring (bicyclic) bond motifs is 3. The van der Waals surface area contributed by atoms with Gasteiger partial charge in [0, 0.05) is 44.4 Å². The minimum absolute atomic E-state index is 0.0186. The molecule has 2 aliphatic rings. The zero-order valence-electron chi connectivity index (χ0n) is 14.6. The van der Waals surface area contributed by atoms with E-state index in [0.717, 1.165) is 51.3 Å². The van der Waals surface area contributed by atoms with Gasteiger partial charge in [-0.15, -0.1) is 0 Å². The van der Waals surface area contributed by atoms with E-state index in [0.29, 0.717) is 36.0 Å². The first-order chi connectivity index (χ1) is 12.6. The van der Waals surface area contributed by atoms with Crippen LogP contribution in [-0.4, -0.2) is 58.1 Å². The number of carbonyl (C=O) groups is 1. The molecule has 3 heterocycles. The highest BCUT2D eigenvalue weighted by Gasteiger charge is 2.23. The summed E-state index contributed by atoms with van der Waals surface area (Å²) in [7, 11) is 0. The minimum Gasteiger partial charge on any atom is -0.379 e. The van der Waals surface area contributed by atoms with Crippen molar-refractivity contribution in [3.8, 4) is 0 Å². The number of aromatic nitrogens is 3. The molecule has 0 atom stereocenters. The van der Waals surface area contributed by atoms with Gasteiger partial charge >= 0.3 is 5.69 Å². The van der Waals surface area contributed by atoms with Crippen molar-refractivity contribution in [3.63, 3.8) is 0 Å². The van der Waals surface area contributed by atoms with Crippen molar-refractivity contribution in [2.24, 2.45) is 0 Å². The average Bonchev–Trinajstić information content (AvgIpc) is 2.65. The normalized spacial score (nSPS) is 18.2. The van der Waals surface area contributed by atoms with Crippen LogP contribution in [0.4, 0.5) is 0 Å². The van der Waals surface area contributed by atoms with Gasteiger partial charge in [-0.25, -0.2) is 9.78 Å². The lowest BCUT2D eigenvalue weighted by atomic mass is 9.90. The second kappa shape index (κ2) is 7.13. The molecule has 8 heteroatoms. The zero-order chi connectivity index (χ0) is 18.1. The third-order valence-electron chi connectivity index (χ3n) is 5.21. The molecule has 2 aromatic heterocycles. The zero-order valence-corrected chi connectivity index (χ0v) is 14.6. The number of pyridine rings is 1. The predicted molar refractivity (Wildman–Crippen MR) is 95.8 cm³/mol. The van der Waals surface area contributed by atoms with E-state index >= 15 is 0 Å². The van der Waals surface area contributed by atoms with E-state index in [1.54, 1.807) is 0 Å². The topological polar surface area (TPSA) is 97.3 Å². The number of hydrogen-bond acceptors (Lipinski definition) is 6. The largest absolute Gasteiger partial charge is 0.379 e. The number of carbonyl (C=O) groups excluding carboxylic acids is 1. The number of aryl methyl sites for hydroxylation is 2. The van der Waals surface area contributed by atoms with Crippen LogP contribution in [0.15, 0.2) is 15.8 Å². The molecule has 0 saturated carbocycles. The maximum Gasteiger partial charge on any atom is 0.329 e. The lowest BCUT2D eigenvalue weighted by molar-refractivity contribution is 0.0369. The van der Waals surface area contributed by atoms with E-state index in [9.17, 15) is 14.4 Å². The van der Waals surface area contributed by atoms with Gasteiger partial charge < -0.3 is 4.74 Å². The first kappa shape index (κ1) is 17.1. The summed E-state index contributed by atoms with van der Waals surface area (Å²) >= 11 is 0. The molecule has 4 rings (SSSR count).